The third-order valence-corrected chi connectivity index (χ3v) is 3.04. The van der Waals surface area contributed by atoms with E-state index in [1.807, 2.05) is 44.2 Å². The summed E-state index contributed by atoms with van der Waals surface area (Å²) >= 11 is 17.5. The molecule has 1 N–H and O–H groups in total. The largest absolute Gasteiger partial charge is 0.349 e. The zero-order valence-electron chi connectivity index (χ0n) is 11.4. The Balaban J connectivity index is 2.59. The Morgan fingerprint density at radius 1 is 1.25 bits per heavy atom. The zero-order valence-corrected chi connectivity index (χ0v) is 13.7. The van der Waals surface area contributed by atoms with E-state index in [-0.39, 0.29) is 18.4 Å². The lowest BCUT2D eigenvalue weighted by atomic mass is 10.1. The first-order chi connectivity index (χ1) is 9.29. The summed E-state index contributed by atoms with van der Waals surface area (Å²) in [4.78, 5) is 11.8. The third-order valence-electron chi connectivity index (χ3n) is 2.44. The van der Waals surface area contributed by atoms with Crippen molar-refractivity contribution in [2.45, 2.75) is 36.9 Å². The van der Waals surface area contributed by atoms with Crippen molar-refractivity contribution >= 4 is 40.7 Å². The van der Waals surface area contributed by atoms with Crippen LogP contribution in [0.1, 0.15) is 25.8 Å². The van der Waals surface area contributed by atoms with Crippen LogP contribution >= 0.6 is 34.8 Å². The van der Waals surface area contributed by atoms with Crippen molar-refractivity contribution in [2.24, 2.45) is 5.92 Å². The maximum Gasteiger partial charge on any atom is 0.234 e. The van der Waals surface area contributed by atoms with Crippen LogP contribution in [0.3, 0.4) is 0 Å². The quantitative estimate of drug-likeness (QED) is 0.627. The van der Waals surface area contributed by atoms with E-state index in [0.29, 0.717) is 6.42 Å². The van der Waals surface area contributed by atoms with Gasteiger partial charge in [-0.1, -0.05) is 79.0 Å². The van der Waals surface area contributed by atoms with E-state index in [4.69, 9.17) is 39.5 Å². The van der Waals surface area contributed by atoms with Gasteiger partial charge < -0.3 is 10.1 Å². The van der Waals surface area contributed by atoms with Crippen molar-refractivity contribution in [2.75, 3.05) is 0 Å². The van der Waals surface area contributed by atoms with E-state index in [1.54, 1.807) is 0 Å². The molecule has 0 aliphatic heterocycles. The van der Waals surface area contributed by atoms with E-state index >= 15 is 0 Å². The Morgan fingerprint density at radius 2 is 1.85 bits per heavy atom. The van der Waals surface area contributed by atoms with Gasteiger partial charge in [-0.2, -0.15) is 0 Å². The molecule has 0 saturated carbocycles. The Kier molecular flexibility index (Phi) is 7.10. The minimum atomic E-state index is -1.72. The van der Waals surface area contributed by atoms with Crippen LogP contribution in [0.4, 0.5) is 0 Å². The predicted octanol–water partition coefficient (Wildman–Crippen LogP) is 4.06. The highest BCUT2D eigenvalue weighted by molar-refractivity contribution is 6.68. The molecule has 6 heteroatoms. The molecule has 1 rings (SSSR count). The highest BCUT2D eigenvalue weighted by atomic mass is 35.6. The number of carbonyl (C=O) groups excluding carboxylic acids is 1. The van der Waals surface area contributed by atoms with Crippen LogP contribution in [0.2, 0.25) is 0 Å². The van der Waals surface area contributed by atoms with Crippen molar-refractivity contribution < 1.29 is 9.53 Å². The second-order valence-electron chi connectivity index (χ2n) is 4.88. The van der Waals surface area contributed by atoms with Crippen LogP contribution in [0.15, 0.2) is 30.3 Å². The van der Waals surface area contributed by atoms with Crippen molar-refractivity contribution in [1.29, 1.82) is 0 Å². The smallest absolute Gasteiger partial charge is 0.234 e. The average Bonchev–Trinajstić information content (AvgIpc) is 2.33. The fourth-order valence-corrected chi connectivity index (χ4v) is 1.90. The van der Waals surface area contributed by atoms with Gasteiger partial charge in [-0.05, 0) is 11.5 Å². The van der Waals surface area contributed by atoms with Crippen molar-refractivity contribution in [3.8, 4) is 0 Å². The molecular weight excluding hydrogens is 321 g/mol. The van der Waals surface area contributed by atoms with Gasteiger partial charge in [0, 0.05) is 6.42 Å². The van der Waals surface area contributed by atoms with E-state index in [1.165, 1.54) is 0 Å². The van der Waals surface area contributed by atoms with E-state index in [0.717, 1.165) is 5.56 Å². The molecule has 0 heterocycles. The molecule has 1 unspecified atom stereocenters. The Hall–Kier alpha value is -0.480. The van der Waals surface area contributed by atoms with Gasteiger partial charge in [0.2, 0.25) is 9.70 Å². The van der Waals surface area contributed by atoms with E-state index in [2.05, 4.69) is 5.32 Å². The van der Waals surface area contributed by atoms with Gasteiger partial charge >= 0.3 is 0 Å². The van der Waals surface area contributed by atoms with Gasteiger partial charge in [0.05, 0.1) is 6.61 Å². The molecule has 1 aromatic carbocycles. The second-order valence-corrected chi connectivity index (χ2v) is 7.25. The number of nitrogens with one attached hydrogen (secondary N) is 1. The highest BCUT2D eigenvalue weighted by Crippen LogP contribution is 2.31. The number of carbonyl (C=O) groups is 1. The summed E-state index contributed by atoms with van der Waals surface area (Å²) in [6, 6.07) is 9.47. The first kappa shape index (κ1) is 17.6. The average molecular weight is 339 g/mol. The molecule has 20 heavy (non-hydrogen) atoms. The van der Waals surface area contributed by atoms with Crippen LogP contribution in [0, 0.1) is 5.92 Å². The summed E-state index contributed by atoms with van der Waals surface area (Å²) in [5, 5.41) is 2.60. The summed E-state index contributed by atoms with van der Waals surface area (Å²) < 4.78 is 3.80. The first-order valence-corrected chi connectivity index (χ1v) is 7.44. The summed E-state index contributed by atoms with van der Waals surface area (Å²) in [5.41, 5.74) is 0.935. The fourth-order valence-electron chi connectivity index (χ4n) is 1.55. The predicted molar refractivity (Wildman–Crippen MR) is 82.9 cm³/mol. The Morgan fingerprint density at radius 3 is 2.35 bits per heavy atom. The molecule has 0 bridgehead atoms. The molecule has 0 fully saturated rings. The van der Waals surface area contributed by atoms with Gasteiger partial charge in [0.15, 0.2) is 6.23 Å². The van der Waals surface area contributed by atoms with Crippen molar-refractivity contribution in [3.63, 3.8) is 0 Å². The van der Waals surface area contributed by atoms with Gasteiger partial charge in [0.25, 0.3) is 0 Å². The maximum atomic E-state index is 11.8. The minimum Gasteiger partial charge on any atom is -0.349 e. The number of amides is 1. The topological polar surface area (TPSA) is 38.3 Å². The van der Waals surface area contributed by atoms with Crippen molar-refractivity contribution in [1.82, 2.24) is 5.32 Å². The molecule has 1 aromatic rings. The van der Waals surface area contributed by atoms with Crippen molar-refractivity contribution in [3.05, 3.63) is 35.9 Å². The number of ether oxygens (including phenoxy) is 1. The molecule has 3 nitrogen and oxygen atoms in total. The standard InChI is InChI=1S/C14H18Cl3NO2/c1-10(2)8-12(19)18-13(14(15,16)17)20-9-11-6-4-3-5-7-11/h3-7,10,13H,8-9H2,1-2H3,(H,18,19). The summed E-state index contributed by atoms with van der Waals surface area (Å²) in [7, 11) is 0. The first-order valence-electron chi connectivity index (χ1n) is 6.30. The Bertz CT molecular complexity index is 418. The molecule has 1 amide bonds. The minimum absolute atomic E-state index is 0.204. The van der Waals surface area contributed by atoms with Crippen LogP contribution in [0.5, 0.6) is 0 Å². The normalized spacial score (nSPS) is 13.3. The Labute approximate surface area is 134 Å². The van der Waals surface area contributed by atoms with Crippen LogP contribution in [-0.2, 0) is 16.1 Å². The van der Waals surface area contributed by atoms with Gasteiger partial charge in [-0.25, -0.2) is 0 Å². The van der Waals surface area contributed by atoms with Crippen LogP contribution < -0.4 is 5.32 Å². The molecule has 0 aromatic heterocycles. The molecule has 0 saturated heterocycles. The molecule has 1 atom stereocenters. The third kappa shape index (κ3) is 6.80. The van der Waals surface area contributed by atoms with Gasteiger partial charge in [-0.3, -0.25) is 4.79 Å². The van der Waals surface area contributed by atoms with Crippen LogP contribution in [0.25, 0.3) is 0 Å². The SMILES string of the molecule is CC(C)CC(=O)NC(OCc1ccccc1)C(Cl)(Cl)Cl. The lowest BCUT2D eigenvalue weighted by Crippen LogP contribution is -2.45. The van der Waals surface area contributed by atoms with Crippen LogP contribution in [-0.4, -0.2) is 15.9 Å². The van der Waals surface area contributed by atoms with Gasteiger partial charge in [0.1, 0.15) is 0 Å². The summed E-state index contributed by atoms with van der Waals surface area (Å²) in [6.07, 6.45) is -0.634. The summed E-state index contributed by atoms with van der Waals surface area (Å²) in [6.45, 7) is 4.13. The maximum absolute atomic E-state index is 11.8. The highest BCUT2D eigenvalue weighted by Gasteiger charge is 2.35. The molecule has 0 aliphatic rings. The molecule has 0 spiro atoms. The number of halogens is 3. The molecule has 0 aliphatic carbocycles. The number of benzene rings is 1. The molecular formula is C14H18Cl3NO2. The number of rotatable bonds is 6. The monoisotopic (exact) mass is 337 g/mol. The van der Waals surface area contributed by atoms with E-state index < -0.39 is 10.0 Å². The molecule has 0 radical (unpaired) electrons. The van der Waals surface area contributed by atoms with E-state index in [9.17, 15) is 4.79 Å². The number of hydrogen-bond acceptors (Lipinski definition) is 2. The number of alkyl halides is 3. The fraction of sp³-hybridized carbons (Fsp3) is 0.500. The second kappa shape index (κ2) is 8.08. The lowest BCUT2D eigenvalue weighted by Gasteiger charge is -2.26. The molecule has 112 valence electrons. The van der Waals surface area contributed by atoms with Gasteiger partial charge in [-0.15, -0.1) is 0 Å². The lowest BCUT2D eigenvalue weighted by molar-refractivity contribution is -0.126. The summed E-state index contributed by atoms with van der Waals surface area (Å²) in [5.74, 6) is 0.0181. The zero-order chi connectivity index (χ0) is 15.2. The number of hydrogen-bond donors (Lipinski definition) is 1.